The van der Waals surface area contributed by atoms with Crippen LogP contribution in [0.3, 0.4) is 0 Å². The molecule has 142 valence electrons. The number of thioether (sulfide) groups is 1. The van der Waals surface area contributed by atoms with Crippen LogP contribution in [0.5, 0.6) is 0 Å². The third kappa shape index (κ3) is 4.67. The third-order valence-corrected chi connectivity index (χ3v) is 6.00. The summed E-state index contributed by atoms with van der Waals surface area (Å²) in [5.74, 6) is 0. The van der Waals surface area contributed by atoms with E-state index in [4.69, 9.17) is 0 Å². The molecule has 0 saturated carbocycles. The summed E-state index contributed by atoms with van der Waals surface area (Å²) in [5.41, 5.74) is 6.20. The van der Waals surface area contributed by atoms with Crippen molar-refractivity contribution < 1.29 is 4.58 Å². The van der Waals surface area contributed by atoms with Gasteiger partial charge in [-0.05, 0) is 46.6 Å². The summed E-state index contributed by atoms with van der Waals surface area (Å²) in [6.45, 7) is 0. The zero-order chi connectivity index (χ0) is 20.1. The first-order chi connectivity index (χ1) is 14.2. The van der Waals surface area contributed by atoms with E-state index in [0.29, 0.717) is 0 Å². The van der Waals surface area contributed by atoms with Crippen LogP contribution in [0.4, 0.5) is 0 Å². The highest BCUT2D eigenvalue weighted by Gasteiger charge is 2.16. The Labute approximate surface area is 177 Å². The van der Waals surface area contributed by atoms with Crippen LogP contribution < -0.4 is 0 Å². The first-order valence-electron chi connectivity index (χ1n) is 9.74. The second-order valence-corrected chi connectivity index (χ2v) is 8.22. The molecule has 1 aliphatic heterocycles. The second-order valence-electron chi connectivity index (χ2n) is 7.13. The van der Waals surface area contributed by atoms with Crippen molar-refractivity contribution in [2.24, 2.45) is 0 Å². The highest BCUT2D eigenvalue weighted by molar-refractivity contribution is 8.08. The average molecular weight is 395 g/mol. The highest BCUT2D eigenvalue weighted by Crippen LogP contribution is 2.44. The fourth-order valence-corrected chi connectivity index (χ4v) is 4.37. The van der Waals surface area contributed by atoms with Crippen molar-refractivity contribution in [1.82, 2.24) is 0 Å². The molecule has 0 atom stereocenters. The second kappa shape index (κ2) is 8.93. The van der Waals surface area contributed by atoms with Crippen molar-refractivity contribution in [2.45, 2.75) is 4.90 Å². The monoisotopic (exact) mass is 394 g/mol. The lowest BCUT2D eigenvalue weighted by molar-refractivity contribution is -0.462. The summed E-state index contributed by atoms with van der Waals surface area (Å²) in [6.07, 6.45) is 19.4. The Morgan fingerprint density at radius 2 is 1.45 bits per heavy atom. The van der Waals surface area contributed by atoms with Gasteiger partial charge in [0.2, 0.25) is 0 Å². The summed E-state index contributed by atoms with van der Waals surface area (Å²) < 4.78 is 2.11. The highest BCUT2D eigenvalue weighted by atomic mass is 32.2. The Bertz CT molecular complexity index is 1100. The van der Waals surface area contributed by atoms with Crippen LogP contribution in [0.1, 0.15) is 11.1 Å². The largest absolute Gasteiger partial charge is 0.235 e. The zero-order valence-electron chi connectivity index (χ0n) is 16.7. The van der Waals surface area contributed by atoms with Crippen LogP contribution in [0.2, 0.25) is 0 Å². The van der Waals surface area contributed by atoms with E-state index < -0.39 is 0 Å². The molecule has 1 heterocycles. The van der Waals surface area contributed by atoms with Gasteiger partial charge in [0.05, 0.1) is 0 Å². The van der Waals surface area contributed by atoms with Gasteiger partial charge in [0, 0.05) is 22.0 Å². The predicted molar refractivity (Wildman–Crippen MR) is 127 cm³/mol. The first-order valence-corrected chi connectivity index (χ1v) is 10.6. The molecule has 1 nitrogen and oxygen atoms in total. The minimum absolute atomic E-state index is 1.20. The van der Waals surface area contributed by atoms with Gasteiger partial charge in [-0.15, -0.1) is 0 Å². The van der Waals surface area contributed by atoms with E-state index in [2.05, 4.69) is 128 Å². The van der Waals surface area contributed by atoms with E-state index in [-0.39, 0.29) is 0 Å². The molecule has 0 unspecified atom stereocenters. The molecule has 1 aliphatic carbocycles. The van der Waals surface area contributed by atoms with Crippen LogP contribution in [-0.4, -0.2) is 24.4 Å². The molecule has 29 heavy (non-hydrogen) atoms. The summed E-state index contributed by atoms with van der Waals surface area (Å²) in [6, 6.07) is 19.2. The normalized spacial score (nSPS) is 16.9. The quantitative estimate of drug-likeness (QED) is 0.534. The fraction of sp³-hybridized carbons (Fsp3) is 0.0741. The molecule has 2 heteroatoms. The number of allylic oxidation sites excluding steroid dienone is 11. The number of nitrogens with zero attached hydrogens (tertiary/aromatic N) is 1. The van der Waals surface area contributed by atoms with Gasteiger partial charge >= 0.3 is 0 Å². The van der Waals surface area contributed by atoms with E-state index in [1.807, 2.05) is 11.8 Å². The van der Waals surface area contributed by atoms with Gasteiger partial charge in [0.15, 0.2) is 5.71 Å². The smallest absolute Gasteiger partial charge is 0.199 e. The molecule has 0 spiro atoms. The van der Waals surface area contributed by atoms with Crippen molar-refractivity contribution in [3.05, 3.63) is 126 Å². The van der Waals surface area contributed by atoms with E-state index in [1.165, 1.54) is 37.8 Å². The van der Waals surface area contributed by atoms with Crippen molar-refractivity contribution in [3.8, 4) is 0 Å². The van der Waals surface area contributed by atoms with Crippen molar-refractivity contribution in [3.63, 3.8) is 0 Å². The summed E-state index contributed by atoms with van der Waals surface area (Å²) >= 11 is 1.84. The maximum Gasteiger partial charge on any atom is 0.199 e. The van der Waals surface area contributed by atoms with Crippen LogP contribution in [0.15, 0.2) is 120 Å². The number of benzene rings is 2. The van der Waals surface area contributed by atoms with E-state index in [0.717, 1.165) is 0 Å². The molecule has 0 radical (unpaired) electrons. The Hall–Kier alpha value is -3.10. The molecular weight excluding hydrogens is 370 g/mol. The fourth-order valence-electron chi connectivity index (χ4n) is 3.25. The molecule has 0 N–H and O–H groups in total. The number of rotatable bonds is 3. The minimum atomic E-state index is 1.20. The van der Waals surface area contributed by atoms with Gasteiger partial charge in [-0.2, -0.15) is 0 Å². The predicted octanol–water partition coefficient (Wildman–Crippen LogP) is 6.54. The first kappa shape index (κ1) is 19.2. The van der Waals surface area contributed by atoms with Gasteiger partial charge < -0.3 is 0 Å². The summed E-state index contributed by atoms with van der Waals surface area (Å²) in [7, 11) is 4.12. The Kier molecular flexibility index (Phi) is 5.92. The molecule has 0 saturated heterocycles. The molecule has 2 aliphatic rings. The molecular formula is C27H24NS+. The molecule has 2 aromatic carbocycles. The molecule has 0 amide bonds. The van der Waals surface area contributed by atoms with Gasteiger partial charge in [-0.25, -0.2) is 4.58 Å². The maximum absolute atomic E-state index is 2.29. The average Bonchev–Trinajstić information content (AvgIpc) is 2.77. The Morgan fingerprint density at radius 3 is 2.21 bits per heavy atom. The van der Waals surface area contributed by atoms with Crippen LogP contribution >= 0.6 is 11.8 Å². The van der Waals surface area contributed by atoms with Gasteiger partial charge in [-0.3, -0.25) is 0 Å². The van der Waals surface area contributed by atoms with Gasteiger partial charge in [0.1, 0.15) is 14.1 Å². The topological polar surface area (TPSA) is 3.01 Å². The minimum Gasteiger partial charge on any atom is -0.235 e. The van der Waals surface area contributed by atoms with Crippen molar-refractivity contribution >= 4 is 28.0 Å². The molecule has 4 rings (SSSR count). The maximum atomic E-state index is 2.29. The van der Waals surface area contributed by atoms with E-state index >= 15 is 0 Å². The van der Waals surface area contributed by atoms with Crippen LogP contribution in [-0.2, 0) is 0 Å². The molecule has 0 bridgehead atoms. The molecule has 2 aromatic rings. The van der Waals surface area contributed by atoms with Crippen molar-refractivity contribution in [1.29, 1.82) is 0 Å². The molecule has 0 fully saturated rings. The third-order valence-electron chi connectivity index (χ3n) is 4.85. The zero-order valence-corrected chi connectivity index (χ0v) is 17.6. The van der Waals surface area contributed by atoms with E-state index in [9.17, 15) is 0 Å². The van der Waals surface area contributed by atoms with Crippen LogP contribution in [0.25, 0.3) is 10.5 Å². The summed E-state index contributed by atoms with van der Waals surface area (Å²) in [4.78, 5) is 2.59. The van der Waals surface area contributed by atoms with Gasteiger partial charge in [-0.1, -0.05) is 84.6 Å². The number of fused-ring (bicyclic) bond motifs is 1. The number of hydrogen-bond donors (Lipinski definition) is 0. The summed E-state index contributed by atoms with van der Waals surface area (Å²) in [5, 5.41) is 0. The lowest BCUT2D eigenvalue weighted by atomic mass is 10.0. The number of hydrogen-bond acceptors (Lipinski definition) is 1. The molecule has 0 aromatic heterocycles. The lowest BCUT2D eigenvalue weighted by Gasteiger charge is -2.18. The Morgan fingerprint density at radius 1 is 0.759 bits per heavy atom. The SMILES string of the molecule is C[N+](C)=C1C=CC(=C/C=C/C=C2/C=C(c3ccccc3)Sc3ccccc32)C=C1. The van der Waals surface area contributed by atoms with Crippen LogP contribution in [0, 0.1) is 0 Å². The lowest BCUT2D eigenvalue weighted by Crippen LogP contribution is -2.09. The van der Waals surface area contributed by atoms with Gasteiger partial charge in [0.25, 0.3) is 0 Å². The standard InChI is InChI=1S/C27H24NS/c1-28(2)24-18-16-21(17-19-24)10-6-7-13-23-20-27(22-11-4-3-5-12-22)29-26-15-9-8-14-25(23)26/h3-20H,1-2H3/q+1/b7-6+,23-13-. The van der Waals surface area contributed by atoms with Crippen molar-refractivity contribution in [2.75, 3.05) is 14.1 Å². The van der Waals surface area contributed by atoms with E-state index in [1.54, 1.807) is 0 Å². The Balaban J connectivity index is 1.60.